The van der Waals surface area contributed by atoms with Crippen molar-refractivity contribution < 1.29 is 19.7 Å². The predicted octanol–water partition coefficient (Wildman–Crippen LogP) is 0.981. The molecule has 3 N–H and O–H groups in total. The van der Waals surface area contributed by atoms with Crippen LogP contribution in [0.15, 0.2) is 18.2 Å². The molecule has 0 aromatic carbocycles. The lowest BCUT2D eigenvalue weighted by molar-refractivity contribution is -0.00861. The molecule has 1 aromatic rings. The minimum atomic E-state index is -1.05. The molecule has 6 heteroatoms. The van der Waals surface area contributed by atoms with E-state index >= 15 is 0 Å². The molecule has 0 atom stereocenters. The summed E-state index contributed by atoms with van der Waals surface area (Å²) in [6.07, 6.45) is 1.57. The molecular weight excluding hydrogens is 248 g/mol. The van der Waals surface area contributed by atoms with E-state index in [1.165, 1.54) is 6.07 Å². The van der Waals surface area contributed by atoms with Gasteiger partial charge in [-0.2, -0.15) is 0 Å². The average molecular weight is 266 g/mol. The van der Waals surface area contributed by atoms with E-state index in [-0.39, 0.29) is 17.7 Å². The Morgan fingerprint density at radius 1 is 1.42 bits per heavy atom. The van der Waals surface area contributed by atoms with E-state index in [0.717, 1.165) is 12.8 Å². The van der Waals surface area contributed by atoms with Gasteiger partial charge in [0.1, 0.15) is 5.82 Å². The molecule has 0 bridgehead atoms. The lowest BCUT2D eigenvalue weighted by Gasteiger charge is -2.35. The van der Waals surface area contributed by atoms with Crippen LogP contribution >= 0.6 is 0 Å². The number of anilines is 1. The molecule has 0 spiro atoms. The summed E-state index contributed by atoms with van der Waals surface area (Å²) in [5.74, 6) is -0.536. The first-order valence-electron chi connectivity index (χ1n) is 6.28. The fourth-order valence-corrected chi connectivity index (χ4v) is 2.13. The molecular formula is C13H18N2O4. The van der Waals surface area contributed by atoms with Crippen LogP contribution in [0.5, 0.6) is 0 Å². The maximum atomic E-state index is 10.8. The second-order valence-corrected chi connectivity index (χ2v) is 4.84. The van der Waals surface area contributed by atoms with Crippen molar-refractivity contribution in [3.05, 3.63) is 23.9 Å². The maximum absolute atomic E-state index is 10.8. The number of ether oxygens (including phenoxy) is 1. The number of hydrogen-bond donors (Lipinski definition) is 3. The summed E-state index contributed by atoms with van der Waals surface area (Å²) in [6, 6.07) is 4.81. The number of aliphatic hydroxyl groups is 1. The first-order valence-corrected chi connectivity index (χ1v) is 6.28. The minimum Gasteiger partial charge on any atom is -0.477 e. The summed E-state index contributed by atoms with van der Waals surface area (Å²) in [7, 11) is 0. The van der Waals surface area contributed by atoms with Crippen molar-refractivity contribution in [3.63, 3.8) is 0 Å². The first kappa shape index (κ1) is 13.8. The van der Waals surface area contributed by atoms with Gasteiger partial charge in [0.15, 0.2) is 5.69 Å². The van der Waals surface area contributed by atoms with E-state index in [9.17, 15) is 9.90 Å². The molecule has 0 unspecified atom stereocenters. The van der Waals surface area contributed by atoms with Crippen molar-refractivity contribution in [1.29, 1.82) is 0 Å². The maximum Gasteiger partial charge on any atom is 0.354 e. The second kappa shape index (κ2) is 5.99. The molecule has 6 nitrogen and oxygen atoms in total. The Kier molecular flexibility index (Phi) is 4.34. The Labute approximate surface area is 111 Å². The molecule has 0 amide bonds. The topological polar surface area (TPSA) is 91.7 Å². The number of nitrogens with zero attached hydrogens (tertiary/aromatic N) is 1. The predicted molar refractivity (Wildman–Crippen MR) is 69.3 cm³/mol. The second-order valence-electron chi connectivity index (χ2n) is 4.84. The zero-order valence-corrected chi connectivity index (χ0v) is 10.6. The summed E-state index contributed by atoms with van der Waals surface area (Å²) < 4.78 is 5.30. The third-order valence-corrected chi connectivity index (χ3v) is 3.50. The Bertz CT molecular complexity index is 444. The summed E-state index contributed by atoms with van der Waals surface area (Å²) in [6.45, 7) is 1.93. The number of carboxylic acid groups (broad SMARTS) is 1. The van der Waals surface area contributed by atoms with Crippen molar-refractivity contribution in [1.82, 2.24) is 4.98 Å². The molecule has 104 valence electrons. The van der Waals surface area contributed by atoms with Crippen LogP contribution in [0.1, 0.15) is 23.3 Å². The van der Waals surface area contributed by atoms with Gasteiger partial charge < -0.3 is 20.3 Å². The summed E-state index contributed by atoms with van der Waals surface area (Å²) in [5.41, 5.74) is -0.200. The van der Waals surface area contributed by atoms with Gasteiger partial charge in [-0.25, -0.2) is 9.78 Å². The van der Waals surface area contributed by atoms with Crippen LogP contribution in [0.2, 0.25) is 0 Å². The highest BCUT2D eigenvalue weighted by Gasteiger charge is 2.31. The quantitative estimate of drug-likeness (QED) is 0.736. The number of carboxylic acids is 1. The summed E-state index contributed by atoms with van der Waals surface area (Å²) >= 11 is 0. The Morgan fingerprint density at radius 2 is 2.16 bits per heavy atom. The van der Waals surface area contributed by atoms with E-state index in [2.05, 4.69) is 10.3 Å². The van der Waals surface area contributed by atoms with Crippen molar-refractivity contribution >= 4 is 11.8 Å². The van der Waals surface area contributed by atoms with E-state index in [1.54, 1.807) is 12.1 Å². The summed E-state index contributed by atoms with van der Waals surface area (Å²) in [4.78, 5) is 14.8. The Morgan fingerprint density at radius 3 is 2.79 bits per heavy atom. The van der Waals surface area contributed by atoms with Gasteiger partial charge in [0.25, 0.3) is 0 Å². The van der Waals surface area contributed by atoms with Crippen molar-refractivity contribution in [3.8, 4) is 0 Å². The number of aromatic nitrogens is 1. The average Bonchev–Trinajstić information content (AvgIpc) is 2.46. The number of hydrogen-bond acceptors (Lipinski definition) is 5. The molecule has 1 fully saturated rings. The SMILES string of the molecule is O=C(O)c1cccc(NCC2(CO)CCOCC2)n1. The molecule has 0 radical (unpaired) electrons. The van der Waals surface area contributed by atoms with Gasteiger partial charge in [0, 0.05) is 25.2 Å². The zero-order valence-electron chi connectivity index (χ0n) is 10.6. The van der Waals surface area contributed by atoms with Crippen LogP contribution in [-0.4, -0.2) is 47.5 Å². The highest BCUT2D eigenvalue weighted by molar-refractivity contribution is 5.85. The highest BCUT2D eigenvalue weighted by atomic mass is 16.5. The normalized spacial score (nSPS) is 17.9. The smallest absolute Gasteiger partial charge is 0.354 e. The van der Waals surface area contributed by atoms with E-state index < -0.39 is 5.97 Å². The fraction of sp³-hybridized carbons (Fsp3) is 0.538. The van der Waals surface area contributed by atoms with E-state index in [1.807, 2.05) is 0 Å². The van der Waals surface area contributed by atoms with Crippen LogP contribution < -0.4 is 5.32 Å². The standard InChI is InChI=1S/C13H18N2O4/c16-9-13(4-6-19-7-5-13)8-14-11-3-1-2-10(15-11)12(17)18/h1-3,16H,4-9H2,(H,14,15)(H,17,18). The number of aromatic carboxylic acids is 1. The molecule has 19 heavy (non-hydrogen) atoms. The molecule has 2 heterocycles. The number of nitrogens with one attached hydrogen (secondary N) is 1. The van der Waals surface area contributed by atoms with Gasteiger partial charge in [0.05, 0.1) is 6.61 Å². The van der Waals surface area contributed by atoms with Gasteiger partial charge in [-0.1, -0.05) is 6.07 Å². The van der Waals surface area contributed by atoms with Crippen LogP contribution in [0.3, 0.4) is 0 Å². The Balaban J connectivity index is 2.00. The molecule has 0 aliphatic carbocycles. The third kappa shape index (κ3) is 3.42. The Hall–Kier alpha value is -1.66. The lowest BCUT2D eigenvalue weighted by Crippen LogP contribution is -2.39. The zero-order chi connectivity index (χ0) is 13.7. The van der Waals surface area contributed by atoms with Gasteiger partial charge >= 0.3 is 5.97 Å². The monoisotopic (exact) mass is 266 g/mol. The summed E-state index contributed by atoms with van der Waals surface area (Å²) in [5, 5.41) is 21.5. The van der Waals surface area contributed by atoms with Gasteiger partial charge in [-0.05, 0) is 25.0 Å². The fourth-order valence-electron chi connectivity index (χ4n) is 2.13. The lowest BCUT2D eigenvalue weighted by atomic mass is 9.81. The van der Waals surface area contributed by atoms with Crippen molar-refractivity contribution in [2.45, 2.75) is 12.8 Å². The van der Waals surface area contributed by atoms with Crippen LogP contribution in [0.25, 0.3) is 0 Å². The van der Waals surface area contributed by atoms with Gasteiger partial charge in [-0.3, -0.25) is 0 Å². The highest BCUT2D eigenvalue weighted by Crippen LogP contribution is 2.30. The van der Waals surface area contributed by atoms with Gasteiger partial charge in [0.2, 0.25) is 0 Å². The molecule has 1 aromatic heterocycles. The number of rotatable bonds is 5. The number of carbonyl (C=O) groups is 1. The van der Waals surface area contributed by atoms with Crippen LogP contribution in [0, 0.1) is 5.41 Å². The molecule has 2 rings (SSSR count). The first-order chi connectivity index (χ1) is 9.15. The molecule has 1 aliphatic heterocycles. The molecule has 1 saturated heterocycles. The third-order valence-electron chi connectivity index (χ3n) is 3.50. The van der Waals surface area contributed by atoms with E-state index in [0.29, 0.717) is 25.6 Å². The number of pyridine rings is 1. The van der Waals surface area contributed by atoms with Crippen molar-refractivity contribution in [2.75, 3.05) is 31.7 Å². The number of aliphatic hydroxyl groups excluding tert-OH is 1. The molecule has 1 aliphatic rings. The van der Waals surface area contributed by atoms with Gasteiger partial charge in [-0.15, -0.1) is 0 Å². The van der Waals surface area contributed by atoms with Crippen LogP contribution in [-0.2, 0) is 4.74 Å². The largest absolute Gasteiger partial charge is 0.477 e. The molecule has 0 saturated carbocycles. The van der Waals surface area contributed by atoms with E-state index in [4.69, 9.17) is 9.84 Å². The van der Waals surface area contributed by atoms with Crippen molar-refractivity contribution in [2.24, 2.45) is 5.41 Å². The van der Waals surface area contributed by atoms with Crippen LogP contribution in [0.4, 0.5) is 5.82 Å². The minimum absolute atomic E-state index is 0.00928.